The van der Waals surface area contributed by atoms with Crippen molar-refractivity contribution in [2.24, 2.45) is 15.7 Å². The maximum atomic E-state index is 5.75. The largest absolute Gasteiger partial charge is 0.303 e. The molecule has 2 rings (SSSR count). The van der Waals surface area contributed by atoms with Gasteiger partial charge in [-0.1, -0.05) is 0 Å². The molecule has 5 nitrogen and oxygen atoms in total. The molecular weight excluding hydrogens is 166 g/mol. The fourth-order valence-electron chi connectivity index (χ4n) is 0.957. The van der Waals surface area contributed by atoms with Gasteiger partial charge in [0, 0.05) is 18.6 Å². The second kappa shape index (κ2) is 2.70. The van der Waals surface area contributed by atoms with Gasteiger partial charge in [-0.25, -0.2) is 15.0 Å². The summed E-state index contributed by atoms with van der Waals surface area (Å²) in [6.45, 7) is 1.76. The summed E-state index contributed by atoms with van der Waals surface area (Å²) in [5, 5.41) is 0. The van der Waals surface area contributed by atoms with Crippen molar-refractivity contribution in [1.29, 1.82) is 0 Å². The van der Waals surface area contributed by atoms with Crippen LogP contribution < -0.4 is 5.73 Å². The van der Waals surface area contributed by atoms with Crippen molar-refractivity contribution in [3.63, 3.8) is 0 Å². The van der Waals surface area contributed by atoms with Crippen molar-refractivity contribution in [3.05, 3.63) is 18.1 Å². The Bertz CT molecular complexity index is 345. The molecule has 0 saturated heterocycles. The molecule has 0 bridgehead atoms. The Kier molecular flexibility index (Phi) is 1.66. The first kappa shape index (κ1) is 8.00. The Morgan fingerprint density at radius 3 is 2.92 bits per heavy atom. The zero-order valence-corrected chi connectivity index (χ0v) is 7.18. The first-order valence-electron chi connectivity index (χ1n) is 3.88. The van der Waals surface area contributed by atoms with Gasteiger partial charge in [0.15, 0.2) is 5.82 Å². The number of aliphatic imine (C=N–C) groups is 2. The molecule has 1 aromatic rings. The fourth-order valence-corrected chi connectivity index (χ4v) is 0.957. The quantitative estimate of drug-likeness (QED) is 0.615. The average Bonchev–Trinajstić information content (AvgIpc) is 2.27. The van der Waals surface area contributed by atoms with Gasteiger partial charge in [-0.3, -0.25) is 4.99 Å². The smallest absolute Gasteiger partial charge is 0.179 e. The summed E-state index contributed by atoms with van der Waals surface area (Å²) < 4.78 is 0. The van der Waals surface area contributed by atoms with Crippen LogP contribution in [-0.2, 0) is 0 Å². The van der Waals surface area contributed by atoms with Crippen molar-refractivity contribution in [1.82, 2.24) is 9.97 Å². The maximum absolute atomic E-state index is 5.75. The SMILES string of the molecule is CC1(N)C=Nc2nccnc2C=N1. The lowest BCUT2D eigenvalue weighted by atomic mass is 10.3. The molecule has 5 heteroatoms. The normalized spacial score (nSPS) is 25.4. The van der Waals surface area contributed by atoms with Crippen LogP contribution in [0.4, 0.5) is 5.82 Å². The van der Waals surface area contributed by atoms with Crippen molar-refractivity contribution in [3.8, 4) is 0 Å². The van der Waals surface area contributed by atoms with Gasteiger partial charge < -0.3 is 5.73 Å². The molecule has 13 heavy (non-hydrogen) atoms. The highest BCUT2D eigenvalue weighted by atomic mass is 15.1. The lowest BCUT2D eigenvalue weighted by molar-refractivity contribution is 0.683. The molecule has 1 aliphatic rings. The average molecular weight is 175 g/mol. The molecule has 1 aromatic heterocycles. The van der Waals surface area contributed by atoms with Crippen LogP contribution in [0.3, 0.4) is 0 Å². The van der Waals surface area contributed by atoms with Gasteiger partial charge in [-0.2, -0.15) is 0 Å². The predicted octanol–water partition coefficient (Wildman–Crippen LogP) is 0.286. The second-order valence-corrected chi connectivity index (χ2v) is 3.01. The summed E-state index contributed by atoms with van der Waals surface area (Å²) in [6, 6.07) is 0. The van der Waals surface area contributed by atoms with E-state index in [0.29, 0.717) is 11.5 Å². The van der Waals surface area contributed by atoms with Gasteiger partial charge >= 0.3 is 0 Å². The number of fused-ring (bicyclic) bond motifs is 1. The van der Waals surface area contributed by atoms with Gasteiger partial charge in [0.25, 0.3) is 0 Å². The van der Waals surface area contributed by atoms with Crippen molar-refractivity contribution in [2.45, 2.75) is 12.6 Å². The van der Waals surface area contributed by atoms with Gasteiger partial charge in [0.1, 0.15) is 11.4 Å². The maximum Gasteiger partial charge on any atom is 0.179 e. The van der Waals surface area contributed by atoms with E-state index in [2.05, 4.69) is 20.0 Å². The fraction of sp³-hybridized carbons (Fsp3) is 0.250. The van der Waals surface area contributed by atoms with E-state index in [4.69, 9.17) is 5.73 Å². The number of nitrogens with two attached hydrogens (primary N) is 1. The Morgan fingerprint density at radius 2 is 2.08 bits per heavy atom. The number of aromatic nitrogens is 2. The van der Waals surface area contributed by atoms with E-state index in [1.165, 1.54) is 0 Å². The summed E-state index contributed by atoms with van der Waals surface area (Å²) >= 11 is 0. The van der Waals surface area contributed by atoms with Crippen LogP contribution in [0.2, 0.25) is 0 Å². The van der Waals surface area contributed by atoms with Crippen LogP contribution >= 0.6 is 0 Å². The minimum atomic E-state index is -0.762. The van der Waals surface area contributed by atoms with E-state index in [-0.39, 0.29) is 0 Å². The second-order valence-electron chi connectivity index (χ2n) is 3.01. The molecule has 0 aromatic carbocycles. The third-order valence-electron chi connectivity index (χ3n) is 1.62. The minimum Gasteiger partial charge on any atom is -0.303 e. The highest BCUT2D eigenvalue weighted by molar-refractivity contribution is 5.89. The van der Waals surface area contributed by atoms with E-state index in [0.717, 1.165) is 0 Å². The van der Waals surface area contributed by atoms with Crippen molar-refractivity contribution < 1.29 is 0 Å². The molecule has 66 valence electrons. The number of nitrogens with zero attached hydrogens (tertiary/aromatic N) is 4. The molecule has 0 spiro atoms. The van der Waals surface area contributed by atoms with E-state index in [1.54, 1.807) is 31.7 Å². The number of hydrogen-bond donors (Lipinski definition) is 1. The third kappa shape index (κ3) is 1.59. The topological polar surface area (TPSA) is 76.5 Å². The molecule has 1 atom stereocenters. The number of hydrogen-bond acceptors (Lipinski definition) is 5. The van der Waals surface area contributed by atoms with Gasteiger partial charge in [-0.05, 0) is 6.92 Å². The van der Waals surface area contributed by atoms with Gasteiger partial charge in [0.05, 0.1) is 6.21 Å². The standard InChI is InChI=1S/C8H9N5/c1-8(9)5-12-7-6(4-13-8)10-2-3-11-7/h2-5H,9H2,1H3. The molecule has 2 heterocycles. The molecule has 1 aliphatic heterocycles. The van der Waals surface area contributed by atoms with Crippen LogP contribution in [-0.4, -0.2) is 28.1 Å². The summed E-state index contributed by atoms with van der Waals surface area (Å²) in [6.07, 6.45) is 6.34. The van der Waals surface area contributed by atoms with Gasteiger partial charge in [0.2, 0.25) is 0 Å². The summed E-state index contributed by atoms with van der Waals surface area (Å²) in [5.74, 6) is 0.556. The highest BCUT2D eigenvalue weighted by Gasteiger charge is 2.16. The predicted molar refractivity (Wildman–Crippen MR) is 50.4 cm³/mol. The third-order valence-corrected chi connectivity index (χ3v) is 1.62. The van der Waals surface area contributed by atoms with E-state index in [1.807, 2.05) is 0 Å². The first-order chi connectivity index (χ1) is 6.17. The van der Waals surface area contributed by atoms with E-state index < -0.39 is 5.66 Å². The zero-order valence-electron chi connectivity index (χ0n) is 7.18. The Balaban J connectivity index is 2.53. The minimum absolute atomic E-state index is 0.556. The van der Waals surface area contributed by atoms with Crippen LogP contribution in [0.25, 0.3) is 0 Å². The zero-order chi connectivity index (χ0) is 9.31. The molecule has 0 radical (unpaired) electrons. The van der Waals surface area contributed by atoms with Crippen LogP contribution in [0.1, 0.15) is 12.6 Å². The summed E-state index contributed by atoms with van der Waals surface area (Å²) in [4.78, 5) is 16.3. The number of rotatable bonds is 0. The van der Waals surface area contributed by atoms with E-state index >= 15 is 0 Å². The summed E-state index contributed by atoms with van der Waals surface area (Å²) in [5.41, 5.74) is 5.64. The lowest BCUT2D eigenvalue weighted by Crippen LogP contribution is -2.35. The summed E-state index contributed by atoms with van der Waals surface area (Å²) in [7, 11) is 0. The molecular formula is C8H9N5. The molecule has 0 amide bonds. The first-order valence-corrected chi connectivity index (χ1v) is 3.88. The Hall–Kier alpha value is -1.62. The molecule has 0 aliphatic carbocycles. The molecule has 2 N–H and O–H groups in total. The van der Waals surface area contributed by atoms with Crippen LogP contribution in [0.15, 0.2) is 22.4 Å². The highest BCUT2D eigenvalue weighted by Crippen LogP contribution is 2.14. The van der Waals surface area contributed by atoms with Crippen LogP contribution in [0, 0.1) is 0 Å². The Labute approximate surface area is 75.5 Å². The molecule has 1 unspecified atom stereocenters. The van der Waals surface area contributed by atoms with Crippen molar-refractivity contribution >= 4 is 18.2 Å². The van der Waals surface area contributed by atoms with Gasteiger partial charge in [-0.15, -0.1) is 0 Å². The Morgan fingerprint density at radius 1 is 1.31 bits per heavy atom. The monoisotopic (exact) mass is 175 g/mol. The van der Waals surface area contributed by atoms with Crippen LogP contribution in [0.5, 0.6) is 0 Å². The van der Waals surface area contributed by atoms with Crippen molar-refractivity contribution in [2.75, 3.05) is 0 Å². The molecule has 0 saturated carbocycles. The van der Waals surface area contributed by atoms with E-state index in [9.17, 15) is 0 Å². The lowest BCUT2D eigenvalue weighted by Gasteiger charge is -2.09. The molecule has 0 fully saturated rings.